The summed E-state index contributed by atoms with van der Waals surface area (Å²) in [6.45, 7) is 2.41. The van der Waals surface area contributed by atoms with Gasteiger partial charge in [-0.3, -0.25) is 4.99 Å². The van der Waals surface area contributed by atoms with Crippen LogP contribution in [-0.2, 0) is 5.41 Å². The molecule has 0 fully saturated rings. The highest BCUT2D eigenvalue weighted by molar-refractivity contribution is 6.31. The van der Waals surface area contributed by atoms with Gasteiger partial charge in [-0.25, -0.2) is 4.79 Å². The lowest BCUT2D eigenvalue weighted by Gasteiger charge is -2.39. The van der Waals surface area contributed by atoms with Crippen molar-refractivity contribution in [3.63, 3.8) is 0 Å². The summed E-state index contributed by atoms with van der Waals surface area (Å²) < 4.78 is 0. The van der Waals surface area contributed by atoms with Gasteiger partial charge in [-0.15, -0.1) is 0 Å². The van der Waals surface area contributed by atoms with Crippen LogP contribution in [-0.4, -0.2) is 16.8 Å². The molecule has 0 saturated heterocycles. The third kappa shape index (κ3) is 3.50. The highest BCUT2D eigenvalue weighted by Crippen LogP contribution is 2.47. The molecule has 0 saturated carbocycles. The van der Waals surface area contributed by atoms with Gasteiger partial charge in [0.05, 0.1) is 17.0 Å². The molecule has 1 heterocycles. The minimum atomic E-state index is -0.923. The number of aromatic carboxylic acids is 1. The third-order valence-corrected chi connectivity index (χ3v) is 7.70. The maximum Gasteiger partial charge on any atom is 0.337 e. The highest BCUT2D eigenvalue weighted by Gasteiger charge is 2.35. The maximum absolute atomic E-state index is 11.1. The van der Waals surface area contributed by atoms with Crippen molar-refractivity contribution < 1.29 is 9.90 Å². The van der Waals surface area contributed by atoms with Crippen molar-refractivity contribution >= 4 is 39.8 Å². The van der Waals surface area contributed by atoms with E-state index in [2.05, 4.69) is 66.5 Å². The predicted octanol–water partition coefficient (Wildman–Crippen LogP) is 8.05. The van der Waals surface area contributed by atoms with Crippen molar-refractivity contribution in [3.05, 3.63) is 113 Å². The molecule has 1 N–H and O–H groups in total. The first-order chi connectivity index (χ1) is 17.1. The van der Waals surface area contributed by atoms with E-state index in [0.717, 1.165) is 23.3 Å². The molecule has 3 aromatic rings. The summed E-state index contributed by atoms with van der Waals surface area (Å²) in [5, 5.41) is 11.8. The standard InChI is InChI=1S/C19H18.C13H9NO2/c1-19-13-5-4-7-15(19)10-11-17-16-8-3-2-6-14(16)9-12-18(17)19;15-13(16)10-6-3-5-9-8-4-1-2-7-11(8)14-12(9)10/h2-3,6-12H,4-5,13H2,1H3;1-6H,7H2,(H,15,16). The molecule has 3 heteroatoms. The quantitative estimate of drug-likeness (QED) is 0.402. The molecule has 7 rings (SSSR count). The Bertz CT molecular complexity index is 1530. The van der Waals surface area contributed by atoms with E-state index in [1.807, 2.05) is 24.3 Å². The first-order valence-electron chi connectivity index (χ1n) is 12.3. The smallest absolute Gasteiger partial charge is 0.337 e. The van der Waals surface area contributed by atoms with E-state index in [-0.39, 0.29) is 11.0 Å². The second kappa shape index (κ2) is 8.35. The van der Waals surface area contributed by atoms with Gasteiger partial charge in [-0.05, 0) is 52.8 Å². The second-order valence-electron chi connectivity index (χ2n) is 9.74. The number of carboxylic acids is 1. The van der Waals surface area contributed by atoms with E-state index in [1.54, 1.807) is 12.1 Å². The number of hydrogen-bond acceptors (Lipinski definition) is 2. The molecule has 1 unspecified atom stereocenters. The van der Waals surface area contributed by atoms with Crippen LogP contribution in [0.25, 0.3) is 22.4 Å². The van der Waals surface area contributed by atoms with Gasteiger partial charge >= 0.3 is 5.97 Å². The third-order valence-electron chi connectivity index (χ3n) is 7.70. The van der Waals surface area contributed by atoms with E-state index in [0.29, 0.717) is 5.69 Å². The molecule has 3 nitrogen and oxygen atoms in total. The van der Waals surface area contributed by atoms with Crippen molar-refractivity contribution in [2.45, 2.75) is 38.0 Å². The molecular weight excluding hydrogens is 430 g/mol. The molecular formula is C32H27NO2. The number of aliphatic imine (C=N–C) groups is 1. The largest absolute Gasteiger partial charge is 0.478 e. The Balaban J connectivity index is 0.000000133. The molecule has 0 radical (unpaired) electrons. The predicted molar refractivity (Wildman–Crippen MR) is 144 cm³/mol. The zero-order valence-corrected chi connectivity index (χ0v) is 19.8. The molecule has 1 aliphatic heterocycles. The molecule has 0 spiro atoms. The van der Waals surface area contributed by atoms with Gasteiger partial charge in [0.15, 0.2) is 0 Å². The summed E-state index contributed by atoms with van der Waals surface area (Å²) in [6, 6.07) is 18.6. The van der Waals surface area contributed by atoms with Crippen LogP contribution in [0.15, 0.2) is 95.5 Å². The summed E-state index contributed by atoms with van der Waals surface area (Å²) in [5.74, 6) is -0.923. The topological polar surface area (TPSA) is 49.7 Å². The molecule has 3 aromatic carbocycles. The van der Waals surface area contributed by atoms with E-state index in [9.17, 15) is 4.79 Å². The van der Waals surface area contributed by atoms with Crippen molar-refractivity contribution in [1.82, 2.24) is 0 Å². The summed E-state index contributed by atoms with van der Waals surface area (Å²) in [5.41, 5.74) is 8.51. The SMILES string of the molecule is CC12CCCC=C1C=Cc1c2ccc2ccccc12.O=C(O)c1cccc2c1N=C1CC=CC=C12. The second-order valence-corrected chi connectivity index (χ2v) is 9.74. The lowest BCUT2D eigenvalue weighted by atomic mass is 9.65. The number of hydrogen-bond donors (Lipinski definition) is 1. The summed E-state index contributed by atoms with van der Waals surface area (Å²) >= 11 is 0. The van der Waals surface area contributed by atoms with Crippen LogP contribution in [0.2, 0.25) is 0 Å². The number of benzene rings is 3. The molecule has 172 valence electrons. The fraction of sp³-hybridized carbons (Fsp3) is 0.188. The lowest BCUT2D eigenvalue weighted by molar-refractivity contribution is 0.0698. The minimum absolute atomic E-state index is 0.229. The first-order valence-corrected chi connectivity index (χ1v) is 12.3. The van der Waals surface area contributed by atoms with E-state index in [4.69, 9.17) is 5.11 Å². The maximum atomic E-state index is 11.1. The van der Waals surface area contributed by atoms with Crippen LogP contribution in [0.3, 0.4) is 0 Å². The molecule has 1 atom stereocenters. The molecule has 0 aromatic heterocycles. The van der Waals surface area contributed by atoms with Crippen molar-refractivity contribution in [2.24, 2.45) is 4.99 Å². The fourth-order valence-corrected chi connectivity index (χ4v) is 5.84. The number of para-hydroxylation sites is 1. The van der Waals surface area contributed by atoms with Gasteiger partial charge in [0.25, 0.3) is 0 Å². The molecule has 35 heavy (non-hydrogen) atoms. The minimum Gasteiger partial charge on any atom is -0.478 e. The summed E-state index contributed by atoms with van der Waals surface area (Å²) in [6.07, 6.45) is 17.7. The Labute approximate surface area is 205 Å². The normalized spacial score (nSPS) is 20.9. The fourth-order valence-electron chi connectivity index (χ4n) is 5.84. The van der Waals surface area contributed by atoms with E-state index in [1.165, 1.54) is 46.7 Å². The Morgan fingerprint density at radius 3 is 2.80 bits per heavy atom. The van der Waals surface area contributed by atoms with Gasteiger partial charge in [-0.1, -0.05) is 91.9 Å². The number of nitrogens with zero attached hydrogens (tertiary/aromatic N) is 1. The Hall–Kier alpha value is -3.98. The van der Waals surface area contributed by atoms with Gasteiger partial charge in [0, 0.05) is 23.0 Å². The zero-order valence-electron chi connectivity index (χ0n) is 19.8. The monoisotopic (exact) mass is 457 g/mol. The van der Waals surface area contributed by atoms with Gasteiger partial charge in [0.1, 0.15) is 0 Å². The molecule has 3 aliphatic carbocycles. The van der Waals surface area contributed by atoms with Crippen molar-refractivity contribution in [1.29, 1.82) is 0 Å². The highest BCUT2D eigenvalue weighted by atomic mass is 16.4. The van der Waals surface area contributed by atoms with E-state index < -0.39 is 5.97 Å². The molecule has 0 bridgehead atoms. The van der Waals surface area contributed by atoms with Gasteiger partial charge in [0.2, 0.25) is 0 Å². The van der Waals surface area contributed by atoms with Gasteiger partial charge < -0.3 is 5.11 Å². The Kier molecular flexibility index (Phi) is 5.14. The van der Waals surface area contributed by atoms with Crippen LogP contribution >= 0.6 is 0 Å². The summed E-state index contributed by atoms with van der Waals surface area (Å²) in [7, 11) is 0. The lowest BCUT2D eigenvalue weighted by Crippen LogP contribution is -2.29. The average Bonchev–Trinajstić information content (AvgIpc) is 3.27. The van der Waals surface area contributed by atoms with Crippen LogP contribution in [0.4, 0.5) is 5.69 Å². The number of fused-ring (bicyclic) bond motifs is 8. The number of rotatable bonds is 1. The number of carbonyl (C=O) groups is 1. The van der Waals surface area contributed by atoms with E-state index >= 15 is 0 Å². The number of carboxylic acid groups (broad SMARTS) is 1. The van der Waals surface area contributed by atoms with Crippen LogP contribution in [0.1, 0.15) is 59.7 Å². The number of allylic oxidation sites excluding steroid dienone is 7. The van der Waals surface area contributed by atoms with Crippen LogP contribution in [0, 0.1) is 0 Å². The Morgan fingerprint density at radius 1 is 1.03 bits per heavy atom. The van der Waals surface area contributed by atoms with Crippen LogP contribution in [0.5, 0.6) is 0 Å². The molecule has 4 aliphatic rings. The average molecular weight is 458 g/mol. The molecule has 0 amide bonds. The van der Waals surface area contributed by atoms with Crippen molar-refractivity contribution in [3.8, 4) is 0 Å². The van der Waals surface area contributed by atoms with Gasteiger partial charge in [-0.2, -0.15) is 0 Å². The summed E-state index contributed by atoms with van der Waals surface area (Å²) in [4.78, 5) is 15.5. The Morgan fingerprint density at radius 2 is 1.91 bits per heavy atom. The van der Waals surface area contributed by atoms with Crippen LogP contribution < -0.4 is 0 Å². The zero-order chi connectivity index (χ0) is 24.0. The first kappa shape index (κ1) is 21.5. The van der Waals surface area contributed by atoms with Crippen molar-refractivity contribution in [2.75, 3.05) is 0 Å².